The van der Waals surface area contributed by atoms with E-state index in [0.29, 0.717) is 6.42 Å². The minimum atomic E-state index is -4.19. The van der Waals surface area contributed by atoms with Crippen LogP contribution in [0.3, 0.4) is 0 Å². The van der Waals surface area contributed by atoms with Gasteiger partial charge in [-0.3, -0.25) is 9.36 Å². The molecule has 0 saturated heterocycles. The molecule has 2 rings (SSSR count). The highest BCUT2D eigenvalue weighted by Gasteiger charge is 2.22. The summed E-state index contributed by atoms with van der Waals surface area (Å²) in [5, 5.41) is 28.0. The van der Waals surface area contributed by atoms with Crippen molar-refractivity contribution in [2.75, 3.05) is 7.11 Å². The predicted octanol–water partition coefficient (Wildman–Crippen LogP) is 4.42. The average Bonchev–Trinajstić information content (AvgIpc) is 2.73. The van der Waals surface area contributed by atoms with Gasteiger partial charge in [-0.15, -0.1) is 5.11 Å². The van der Waals surface area contributed by atoms with Crippen LogP contribution in [0.15, 0.2) is 38.1 Å². The molecule has 0 aliphatic heterocycles. The van der Waals surface area contributed by atoms with Gasteiger partial charge in [0.05, 0.1) is 5.69 Å². The Morgan fingerprint density at radius 3 is 2.50 bits per heavy atom. The van der Waals surface area contributed by atoms with Gasteiger partial charge in [0.2, 0.25) is 5.88 Å². The van der Waals surface area contributed by atoms with Crippen LogP contribution in [0.2, 0.25) is 0 Å². The van der Waals surface area contributed by atoms with E-state index in [-0.39, 0.29) is 33.1 Å². The summed E-state index contributed by atoms with van der Waals surface area (Å²) in [6, 6.07) is 5.36. The van der Waals surface area contributed by atoms with Gasteiger partial charge in [-0.25, -0.2) is 8.42 Å². The zero-order chi connectivity index (χ0) is 24.2. The highest BCUT2D eigenvalue weighted by molar-refractivity contribution is 8.13. The Balaban J connectivity index is 2.63. The van der Waals surface area contributed by atoms with Crippen molar-refractivity contribution in [2.45, 2.75) is 51.3 Å². The molecule has 0 saturated carbocycles. The van der Waals surface area contributed by atoms with Gasteiger partial charge >= 0.3 is 0 Å². The molecule has 0 radical (unpaired) electrons. The van der Waals surface area contributed by atoms with Crippen LogP contribution in [0, 0.1) is 18.3 Å². The molecule has 32 heavy (non-hydrogen) atoms. The minimum absolute atomic E-state index is 0.0376. The molecule has 0 amide bonds. The number of rotatable bonds is 8. The average molecular weight is 483 g/mol. The van der Waals surface area contributed by atoms with Crippen LogP contribution in [0.4, 0.5) is 11.4 Å². The van der Waals surface area contributed by atoms with Crippen molar-refractivity contribution in [1.29, 1.82) is 5.26 Å². The summed E-state index contributed by atoms with van der Waals surface area (Å²) in [7, 11) is 2.72. The summed E-state index contributed by atoms with van der Waals surface area (Å²) < 4.78 is 35.4. The highest BCUT2D eigenvalue weighted by atomic mass is 35.7. The molecule has 2 aromatic rings. The van der Waals surface area contributed by atoms with Crippen molar-refractivity contribution in [1.82, 2.24) is 4.57 Å². The van der Waals surface area contributed by atoms with E-state index in [9.17, 15) is 23.6 Å². The van der Waals surface area contributed by atoms with Crippen molar-refractivity contribution in [3.05, 3.63) is 39.7 Å². The largest absolute Gasteiger partial charge is 0.493 e. The Hall–Kier alpha value is -2.94. The number of pyridine rings is 1. The van der Waals surface area contributed by atoms with E-state index in [4.69, 9.17) is 20.2 Å². The fraction of sp³-hybridized carbons (Fsp3) is 0.400. The van der Waals surface area contributed by atoms with Crippen LogP contribution in [-0.4, -0.2) is 31.5 Å². The number of benzene rings is 1. The van der Waals surface area contributed by atoms with Crippen LogP contribution in [0.5, 0.6) is 11.6 Å². The molecule has 12 heteroatoms. The molecule has 0 aliphatic carbocycles. The van der Waals surface area contributed by atoms with Crippen LogP contribution >= 0.6 is 10.7 Å². The number of halogens is 1. The lowest BCUT2D eigenvalue weighted by atomic mass is 10.1. The van der Waals surface area contributed by atoms with Gasteiger partial charge in [-0.1, -0.05) is 6.92 Å². The van der Waals surface area contributed by atoms with E-state index in [1.807, 2.05) is 13.0 Å². The number of hydrogen-bond acceptors (Lipinski definition) is 9. The number of aromatic hydroxyl groups is 1. The second-order valence-electron chi connectivity index (χ2n) is 6.91. The molecule has 0 fully saturated rings. The first-order chi connectivity index (χ1) is 15.0. The Labute approximate surface area is 190 Å². The SMILES string of the molecule is CCC(C)n1c(O)c(N=Nc2ccc(OC(C)OC)c(S(=O)(=O)Cl)c2)c(C)c(C#N)c1=O. The topological polar surface area (TPSA) is 143 Å². The first-order valence-corrected chi connectivity index (χ1v) is 11.8. The molecule has 1 aromatic heterocycles. The van der Waals surface area contributed by atoms with Crippen molar-refractivity contribution >= 4 is 31.1 Å². The summed E-state index contributed by atoms with van der Waals surface area (Å²) in [6.07, 6.45) is -0.207. The first-order valence-electron chi connectivity index (χ1n) is 9.54. The van der Waals surface area contributed by atoms with Gasteiger partial charge in [-0.05, 0) is 45.4 Å². The highest BCUT2D eigenvalue weighted by Crippen LogP contribution is 2.36. The van der Waals surface area contributed by atoms with E-state index >= 15 is 0 Å². The number of hydrogen-bond donors (Lipinski definition) is 1. The number of azo groups is 1. The summed E-state index contributed by atoms with van der Waals surface area (Å²) in [6.45, 7) is 6.58. The molecule has 1 aromatic carbocycles. The quantitative estimate of drug-likeness (QED) is 0.333. The molecule has 0 bridgehead atoms. The summed E-state index contributed by atoms with van der Waals surface area (Å²) in [5.41, 5.74) is -0.638. The Morgan fingerprint density at radius 1 is 1.31 bits per heavy atom. The van der Waals surface area contributed by atoms with Gasteiger partial charge in [-0.2, -0.15) is 10.4 Å². The zero-order valence-corrected chi connectivity index (χ0v) is 19.7. The van der Waals surface area contributed by atoms with E-state index in [2.05, 4.69) is 10.2 Å². The Kier molecular flexibility index (Phi) is 8.01. The molecule has 0 spiro atoms. The van der Waals surface area contributed by atoms with Crippen LogP contribution in [0.25, 0.3) is 0 Å². The molecule has 10 nitrogen and oxygen atoms in total. The monoisotopic (exact) mass is 482 g/mol. The molecule has 1 N–H and O–H groups in total. The smallest absolute Gasteiger partial charge is 0.271 e. The summed E-state index contributed by atoms with van der Waals surface area (Å²) in [4.78, 5) is 12.2. The van der Waals surface area contributed by atoms with Crippen LogP contribution in [0.1, 0.15) is 44.4 Å². The third-order valence-corrected chi connectivity index (χ3v) is 6.17. The van der Waals surface area contributed by atoms with Crippen LogP contribution in [-0.2, 0) is 13.8 Å². The fourth-order valence-electron chi connectivity index (χ4n) is 2.80. The molecule has 1 heterocycles. The molecule has 172 valence electrons. The number of nitriles is 1. The normalized spacial score (nSPS) is 13.7. The van der Waals surface area contributed by atoms with Gasteiger partial charge in [0.15, 0.2) is 12.0 Å². The molecule has 2 unspecified atom stereocenters. The Bertz CT molecular complexity index is 1250. The van der Waals surface area contributed by atoms with Crippen molar-refractivity contribution < 1.29 is 23.0 Å². The molecular formula is C20H23ClN4O6S. The van der Waals surface area contributed by atoms with Gasteiger partial charge in [0.1, 0.15) is 22.3 Å². The Morgan fingerprint density at radius 2 is 1.97 bits per heavy atom. The third-order valence-electron chi connectivity index (χ3n) is 4.83. The molecule has 2 atom stereocenters. The summed E-state index contributed by atoms with van der Waals surface area (Å²) in [5.74, 6) is -0.479. The number of nitrogens with zero attached hydrogens (tertiary/aromatic N) is 4. The second-order valence-corrected chi connectivity index (χ2v) is 9.44. The maximum atomic E-state index is 12.6. The lowest BCUT2D eigenvalue weighted by molar-refractivity contribution is -0.0399. The molecule has 0 aliphatic rings. The molecular weight excluding hydrogens is 460 g/mol. The van der Waals surface area contributed by atoms with Crippen molar-refractivity contribution in [3.8, 4) is 17.7 Å². The van der Waals surface area contributed by atoms with E-state index in [1.165, 1.54) is 26.2 Å². The number of ether oxygens (including phenoxy) is 2. The zero-order valence-electron chi connectivity index (χ0n) is 18.2. The third kappa shape index (κ3) is 5.27. The predicted molar refractivity (Wildman–Crippen MR) is 118 cm³/mol. The first kappa shape index (κ1) is 25.3. The van der Waals surface area contributed by atoms with Gasteiger partial charge in [0.25, 0.3) is 14.6 Å². The number of aromatic nitrogens is 1. The van der Waals surface area contributed by atoms with Gasteiger partial charge in [0, 0.05) is 29.4 Å². The second kappa shape index (κ2) is 10.1. The van der Waals surface area contributed by atoms with E-state index < -0.39 is 32.8 Å². The standard InChI is InChI=1S/C20H23ClN4O6S/c1-6-11(2)25-19(26)15(10-22)12(3)18(20(25)27)24-23-14-7-8-16(31-13(4)30-5)17(9-14)32(21,28)29/h7-9,11,13,27H,6H2,1-5H3. The fourth-order valence-corrected chi connectivity index (χ4v) is 3.78. The lowest BCUT2D eigenvalue weighted by Crippen LogP contribution is -2.26. The number of methoxy groups -OCH3 is 1. The van der Waals surface area contributed by atoms with Crippen LogP contribution < -0.4 is 10.3 Å². The van der Waals surface area contributed by atoms with E-state index in [1.54, 1.807) is 13.8 Å². The maximum Gasteiger partial charge on any atom is 0.271 e. The maximum absolute atomic E-state index is 12.6. The van der Waals surface area contributed by atoms with Crippen molar-refractivity contribution in [2.24, 2.45) is 10.2 Å². The lowest BCUT2D eigenvalue weighted by Gasteiger charge is -2.18. The van der Waals surface area contributed by atoms with Gasteiger partial charge < -0.3 is 14.6 Å². The summed E-state index contributed by atoms with van der Waals surface area (Å²) >= 11 is 0. The van der Waals surface area contributed by atoms with E-state index in [0.717, 1.165) is 10.6 Å². The minimum Gasteiger partial charge on any atom is -0.493 e. The van der Waals surface area contributed by atoms with Crippen molar-refractivity contribution in [3.63, 3.8) is 0 Å².